The molecule has 0 bridgehead atoms. The predicted molar refractivity (Wildman–Crippen MR) is 72.2 cm³/mol. The molecule has 0 saturated carbocycles. The van der Waals surface area contributed by atoms with Crippen LogP contribution < -0.4 is 10.1 Å². The summed E-state index contributed by atoms with van der Waals surface area (Å²) >= 11 is 1.49. The first-order valence-electron chi connectivity index (χ1n) is 5.52. The first-order valence-corrected chi connectivity index (χ1v) is 6.34. The number of rotatable bonds is 4. The summed E-state index contributed by atoms with van der Waals surface area (Å²) < 4.78 is 5.11. The van der Waals surface area contributed by atoms with E-state index in [9.17, 15) is 4.79 Å². The van der Waals surface area contributed by atoms with Crippen LogP contribution in [-0.4, -0.2) is 18.0 Å². The SMILES string of the molecule is COc1ccc(Cc2cnc(NC(C)=O)s2)cc1. The molecular formula is C13H14N2O2S. The Morgan fingerprint density at radius 2 is 2.11 bits per heavy atom. The van der Waals surface area contributed by atoms with E-state index in [2.05, 4.69) is 10.3 Å². The Morgan fingerprint density at radius 3 is 2.72 bits per heavy atom. The third kappa shape index (κ3) is 3.30. The number of hydrogen-bond donors (Lipinski definition) is 1. The number of ether oxygens (including phenoxy) is 1. The number of amides is 1. The van der Waals surface area contributed by atoms with Crippen molar-refractivity contribution < 1.29 is 9.53 Å². The molecule has 1 heterocycles. The van der Waals surface area contributed by atoms with Crippen molar-refractivity contribution in [2.24, 2.45) is 0 Å². The summed E-state index contributed by atoms with van der Waals surface area (Å²) in [5.41, 5.74) is 1.19. The van der Waals surface area contributed by atoms with Crippen LogP contribution in [0.5, 0.6) is 5.75 Å². The fraction of sp³-hybridized carbons (Fsp3) is 0.231. The fourth-order valence-electron chi connectivity index (χ4n) is 1.54. The lowest BCUT2D eigenvalue weighted by Gasteiger charge is -2.01. The third-order valence-corrected chi connectivity index (χ3v) is 3.29. The minimum absolute atomic E-state index is 0.0969. The van der Waals surface area contributed by atoms with Crippen LogP contribution in [0.2, 0.25) is 0 Å². The minimum atomic E-state index is -0.0969. The van der Waals surface area contributed by atoms with Gasteiger partial charge in [0.1, 0.15) is 5.75 Å². The molecule has 0 aliphatic heterocycles. The Balaban J connectivity index is 2.03. The van der Waals surface area contributed by atoms with Crippen molar-refractivity contribution in [3.8, 4) is 5.75 Å². The second-order valence-electron chi connectivity index (χ2n) is 3.84. The number of anilines is 1. The average Bonchev–Trinajstić information content (AvgIpc) is 2.76. The molecule has 1 N–H and O–H groups in total. The Hall–Kier alpha value is -1.88. The highest BCUT2D eigenvalue weighted by molar-refractivity contribution is 7.15. The maximum Gasteiger partial charge on any atom is 0.223 e. The van der Waals surface area contributed by atoms with Crippen molar-refractivity contribution in [3.63, 3.8) is 0 Å². The van der Waals surface area contributed by atoms with Crippen LogP contribution in [0, 0.1) is 0 Å². The van der Waals surface area contributed by atoms with Crippen molar-refractivity contribution in [1.82, 2.24) is 4.98 Å². The van der Waals surface area contributed by atoms with Crippen molar-refractivity contribution in [3.05, 3.63) is 40.9 Å². The van der Waals surface area contributed by atoms with Crippen LogP contribution in [0.1, 0.15) is 17.4 Å². The molecule has 1 aromatic heterocycles. The lowest BCUT2D eigenvalue weighted by molar-refractivity contribution is -0.114. The van der Waals surface area contributed by atoms with Gasteiger partial charge in [-0.3, -0.25) is 4.79 Å². The van der Waals surface area contributed by atoms with Gasteiger partial charge in [0, 0.05) is 24.4 Å². The highest BCUT2D eigenvalue weighted by Gasteiger charge is 2.04. The van der Waals surface area contributed by atoms with Gasteiger partial charge >= 0.3 is 0 Å². The maximum atomic E-state index is 10.9. The highest BCUT2D eigenvalue weighted by Crippen LogP contribution is 2.22. The third-order valence-electron chi connectivity index (χ3n) is 2.37. The van der Waals surface area contributed by atoms with Gasteiger partial charge in [-0.1, -0.05) is 12.1 Å². The average molecular weight is 262 g/mol. The second-order valence-corrected chi connectivity index (χ2v) is 4.95. The molecule has 1 aromatic carbocycles. The molecule has 0 atom stereocenters. The van der Waals surface area contributed by atoms with E-state index < -0.39 is 0 Å². The Kier molecular flexibility index (Phi) is 3.94. The maximum absolute atomic E-state index is 10.9. The zero-order chi connectivity index (χ0) is 13.0. The molecule has 1 amide bonds. The summed E-state index contributed by atoms with van der Waals surface area (Å²) in [7, 11) is 1.65. The Labute approximate surface area is 110 Å². The number of carbonyl (C=O) groups is 1. The lowest BCUT2D eigenvalue weighted by Crippen LogP contribution is -2.04. The van der Waals surface area contributed by atoms with Crippen LogP contribution in [0.3, 0.4) is 0 Å². The van der Waals surface area contributed by atoms with Crippen LogP contribution in [0.4, 0.5) is 5.13 Å². The van der Waals surface area contributed by atoms with Crippen molar-refractivity contribution in [1.29, 1.82) is 0 Å². The van der Waals surface area contributed by atoms with Gasteiger partial charge in [-0.2, -0.15) is 0 Å². The fourth-order valence-corrected chi connectivity index (χ4v) is 2.43. The molecule has 2 aromatic rings. The largest absolute Gasteiger partial charge is 0.497 e. The predicted octanol–water partition coefficient (Wildman–Crippen LogP) is 2.70. The summed E-state index contributed by atoms with van der Waals surface area (Å²) in [6, 6.07) is 7.92. The van der Waals surface area contributed by atoms with Crippen LogP contribution in [0.15, 0.2) is 30.5 Å². The number of hydrogen-bond acceptors (Lipinski definition) is 4. The molecule has 5 heteroatoms. The lowest BCUT2D eigenvalue weighted by atomic mass is 10.1. The quantitative estimate of drug-likeness (QED) is 0.921. The number of thiazole rings is 1. The number of carbonyl (C=O) groups excluding carboxylic acids is 1. The molecular weight excluding hydrogens is 248 g/mol. The summed E-state index contributed by atoms with van der Waals surface area (Å²) in [5, 5.41) is 3.32. The molecule has 0 unspecified atom stereocenters. The summed E-state index contributed by atoms with van der Waals surface area (Å²) in [5.74, 6) is 0.752. The van der Waals surface area contributed by atoms with Gasteiger partial charge in [0.15, 0.2) is 5.13 Å². The zero-order valence-electron chi connectivity index (χ0n) is 10.3. The molecule has 0 spiro atoms. The van der Waals surface area contributed by atoms with E-state index in [1.54, 1.807) is 13.3 Å². The molecule has 18 heavy (non-hydrogen) atoms. The van der Waals surface area contributed by atoms with E-state index in [-0.39, 0.29) is 5.91 Å². The molecule has 0 saturated heterocycles. The monoisotopic (exact) mass is 262 g/mol. The normalized spacial score (nSPS) is 10.1. The van der Waals surface area contributed by atoms with E-state index in [1.165, 1.54) is 23.8 Å². The van der Waals surface area contributed by atoms with E-state index in [0.717, 1.165) is 17.0 Å². The summed E-state index contributed by atoms with van der Waals surface area (Å²) in [4.78, 5) is 16.2. The van der Waals surface area contributed by atoms with E-state index in [4.69, 9.17) is 4.74 Å². The molecule has 0 aliphatic carbocycles. The molecule has 0 radical (unpaired) electrons. The van der Waals surface area contributed by atoms with Crippen molar-refractivity contribution >= 4 is 22.4 Å². The van der Waals surface area contributed by atoms with Crippen molar-refractivity contribution in [2.75, 3.05) is 12.4 Å². The molecule has 0 fully saturated rings. The Morgan fingerprint density at radius 1 is 1.39 bits per heavy atom. The van der Waals surface area contributed by atoms with Crippen LogP contribution in [-0.2, 0) is 11.2 Å². The first-order chi connectivity index (χ1) is 8.67. The number of nitrogens with zero attached hydrogens (tertiary/aromatic N) is 1. The number of aromatic nitrogens is 1. The van der Waals surface area contributed by atoms with E-state index >= 15 is 0 Å². The number of methoxy groups -OCH3 is 1. The summed E-state index contributed by atoms with van der Waals surface area (Å²) in [6.45, 7) is 1.48. The minimum Gasteiger partial charge on any atom is -0.497 e. The molecule has 94 valence electrons. The van der Waals surface area contributed by atoms with Gasteiger partial charge < -0.3 is 10.1 Å². The Bertz CT molecular complexity index is 534. The second kappa shape index (κ2) is 5.64. The summed E-state index contributed by atoms with van der Waals surface area (Å²) in [6.07, 6.45) is 2.60. The molecule has 2 rings (SSSR count). The van der Waals surface area contributed by atoms with Gasteiger partial charge in [-0.25, -0.2) is 4.98 Å². The first kappa shape index (κ1) is 12.6. The topological polar surface area (TPSA) is 51.2 Å². The van der Waals surface area contributed by atoms with E-state index in [1.807, 2.05) is 24.3 Å². The molecule has 4 nitrogen and oxygen atoms in total. The zero-order valence-corrected chi connectivity index (χ0v) is 11.1. The number of nitrogens with one attached hydrogen (secondary N) is 1. The van der Waals surface area contributed by atoms with Gasteiger partial charge in [-0.15, -0.1) is 11.3 Å². The van der Waals surface area contributed by atoms with Crippen LogP contribution >= 0.6 is 11.3 Å². The van der Waals surface area contributed by atoms with Gasteiger partial charge in [0.05, 0.1) is 7.11 Å². The highest BCUT2D eigenvalue weighted by atomic mass is 32.1. The smallest absolute Gasteiger partial charge is 0.223 e. The standard InChI is InChI=1S/C13H14N2O2S/c1-9(16)15-13-14-8-12(18-13)7-10-3-5-11(17-2)6-4-10/h3-6,8H,7H2,1-2H3,(H,14,15,16). The van der Waals surface area contributed by atoms with Crippen molar-refractivity contribution in [2.45, 2.75) is 13.3 Å². The van der Waals surface area contributed by atoms with Gasteiger partial charge in [0.2, 0.25) is 5.91 Å². The van der Waals surface area contributed by atoms with Crippen LogP contribution in [0.25, 0.3) is 0 Å². The van der Waals surface area contributed by atoms with E-state index in [0.29, 0.717) is 5.13 Å². The van der Waals surface area contributed by atoms with Gasteiger partial charge in [-0.05, 0) is 17.7 Å². The molecule has 0 aliphatic rings. The number of benzene rings is 1. The van der Waals surface area contributed by atoms with Gasteiger partial charge in [0.25, 0.3) is 0 Å².